The van der Waals surface area contributed by atoms with Gasteiger partial charge in [0.2, 0.25) is 11.8 Å². The number of benzene rings is 3. The van der Waals surface area contributed by atoms with Crippen molar-refractivity contribution in [2.24, 2.45) is 5.92 Å². The summed E-state index contributed by atoms with van der Waals surface area (Å²) in [6, 6.07) is 15.4. The fourth-order valence-electron chi connectivity index (χ4n) is 4.38. The maximum atomic E-state index is 14.2. The van der Waals surface area contributed by atoms with Gasteiger partial charge in [-0.3, -0.25) is 13.9 Å². The van der Waals surface area contributed by atoms with Gasteiger partial charge in [0.15, 0.2) is 0 Å². The zero-order chi connectivity index (χ0) is 31.2. The summed E-state index contributed by atoms with van der Waals surface area (Å²) in [7, 11) is -4.21. The van der Waals surface area contributed by atoms with E-state index < -0.39 is 28.5 Å². The van der Waals surface area contributed by atoms with Gasteiger partial charge in [-0.15, -0.1) is 0 Å². The Morgan fingerprint density at radius 3 is 2.17 bits per heavy atom. The number of nitrogens with zero attached hydrogens (tertiary/aromatic N) is 2. The van der Waals surface area contributed by atoms with Crippen molar-refractivity contribution in [2.45, 2.75) is 58.5 Å². The van der Waals surface area contributed by atoms with E-state index in [9.17, 15) is 18.0 Å². The van der Waals surface area contributed by atoms with Crippen LogP contribution in [0.15, 0.2) is 65.6 Å². The maximum Gasteiger partial charge on any atom is 0.264 e. The van der Waals surface area contributed by atoms with Gasteiger partial charge < -0.3 is 10.2 Å². The highest BCUT2D eigenvalue weighted by Crippen LogP contribution is 2.30. The number of nitrogens with one attached hydrogen (secondary N) is 1. The van der Waals surface area contributed by atoms with Crippen molar-refractivity contribution >= 4 is 62.3 Å². The quantitative estimate of drug-likeness (QED) is 0.227. The first-order chi connectivity index (χ1) is 19.7. The summed E-state index contributed by atoms with van der Waals surface area (Å²) in [6.45, 7) is 9.23. The fourth-order valence-corrected chi connectivity index (χ4v) is 6.34. The summed E-state index contributed by atoms with van der Waals surface area (Å²) in [6.07, 6.45) is 0.303. The predicted molar refractivity (Wildman–Crippen MR) is 171 cm³/mol. The molecule has 3 rings (SSSR count). The molecule has 0 aliphatic rings. The van der Waals surface area contributed by atoms with E-state index in [0.717, 1.165) is 9.87 Å². The Hall–Kier alpha value is -2.78. The van der Waals surface area contributed by atoms with Gasteiger partial charge in [0.25, 0.3) is 10.0 Å². The number of carbonyl (C=O) groups is 2. The molecule has 0 heterocycles. The molecular formula is C31H36Cl3N3O4S. The molecule has 0 saturated heterocycles. The number of sulfonamides is 1. The van der Waals surface area contributed by atoms with Gasteiger partial charge in [-0.1, -0.05) is 85.4 Å². The second-order valence-corrected chi connectivity index (χ2v) is 13.7. The van der Waals surface area contributed by atoms with Gasteiger partial charge in [0.1, 0.15) is 12.6 Å². The number of hydrogen-bond acceptors (Lipinski definition) is 4. The average Bonchev–Trinajstić information content (AvgIpc) is 2.93. The molecule has 0 aliphatic heterocycles. The van der Waals surface area contributed by atoms with Gasteiger partial charge >= 0.3 is 0 Å². The Morgan fingerprint density at radius 2 is 1.57 bits per heavy atom. The summed E-state index contributed by atoms with van der Waals surface area (Å²) in [4.78, 5) is 29.0. The maximum absolute atomic E-state index is 14.2. The molecule has 0 fully saturated rings. The monoisotopic (exact) mass is 651 g/mol. The van der Waals surface area contributed by atoms with E-state index in [1.54, 1.807) is 56.3 Å². The molecule has 0 spiro atoms. The second kappa shape index (κ2) is 14.6. The largest absolute Gasteiger partial charge is 0.354 e. The van der Waals surface area contributed by atoms with Crippen LogP contribution in [-0.2, 0) is 26.2 Å². The van der Waals surface area contributed by atoms with E-state index in [-0.39, 0.29) is 29.0 Å². The summed E-state index contributed by atoms with van der Waals surface area (Å²) in [5, 5.41) is 3.88. The molecule has 0 aromatic heterocycles. The molecule has 7 nitrogen and oxygen atoms in total. The summed E-state index contributed by atoms with van der Waals surface area (Å²) < 4.78 is 29.2. The smallest absolute Gasteiger partial charge is 0.264 e. The Bertz CT molecular complexity index is 1530. The lowest BCUT2D eigenvalue weighted by atomic mass is 10.1. The van der Waals surface area contributed by atoms with E-state index in [1.807, 2.05) is 20.8 Å². The third-order valence-electron chi connectivity index (χ3n) is 6.74. The molecule has 3 aromatic rings. The fraction of sp³-hybridized carbons (Fsp3) is 0.355. The van der Waals surface area contributed by atoms with Crippen molar-refractivity contribution in [3.63, 3.8) is 0 Å². The van der Waals surface area contributed by atoms with Gasteiger partial charge in [-0.2, -0.15) is 0 Å². The van der Waals surface area contributed by atoms with Crippen molar-refractivity contribution < 1.29 is 18.0 Å². The van der Waals surface area contributed by atoms with E-state index >= 15 is 0 Å². The highest BCUT2D eigenvalue weighted by Gasteiger charge is 2.34. The molecule has 0 saturated carbocycles. The summed E-state index contributed by atoms with van der Waals surface area (Å²) >= 11 is 18.7. The minimum absolute atomic E-state index is 0.0102. The Morgan fingerprint density at radius 1 is 0.905 bits per heavy atom. The highest BCUT2D eigenvalue weighted by molar-refractivity contribution is 7.92. The van der Waals surface area contributed by atoms with Crippen LogP contribution in [-0.4, -0.2) is 44.3 Å². The number of halogens is 3. The normalized spacial score (nSPS) is 12.2. The van der Waals surface area contributed by atoms with Crippen LogP contribution in [0.1, 0.15) is 43.9 Å². The molecule has 2 amide bonds. The number of hydrogen-bond donors (Lipinski definition) is 1. The minimum atomic E-state index is -4.21. The van der Waals surface area contributed by atoms with Gasteiger partial charge in [0.05, 0.1) is 20.6 Å². The first-order valence-electron chi connectivity index (χ1n) is 13.6. The van der Waals surface area contributed by atoms with Gasteiger partial charge in [0, 0.05) is 18.1 Å². The SMILES string of the molecule is CC[C@H](C(=O)NCC(C)C)N(Cc1ccc(Cl)c(Cl)c1)C(=O)CN(c1cc(Cl)ccc1C)S(=O)(=O)c1ccc(C)cc1. The Labute approximate surface area is 263 Å². The van der Waals surface area contributed by atoms with Crippen molar-refractivity contribution in [2.75, 3.05) is 17.4 Å². The van der Waals surface area contributed by atoms with Crippen LogP contribution < -0.4 is 9.62 Å². The first-order valence-corrected chi connectivity index (χ1v) is 16.2. The van der Waals surface area contributed by atoms with Gasteiger partial charge in [-0.05, 0) is 73.7 Å². The first kappa shape index (κ1) is 33.7. The van der Waals surface area contributed by atoms with Crippen LogP contribution in [0.3, 0.4) is 0 Å². The highest BCUT2D eigenvalue weighted by atomic mass is 35.5. The minimum Gasteiger partial charge on any atom is -0.354 e. The molecule has 0 aliphatic carbocycles. The van der Waals surface area contributed by atoms with Crippen molar-refractivity contribution in [1.82, 2.24) is 10.2 Å². The molecule has 3 aromatic carbocycles. The average molecular weight is 653 g/mol. The van der Waals surface area contributed by atoms with Crippen molar-refractivity contribution in [3.05, 3.63) is 92.4 Å². The number of rotatable bonds is 12. The summed E-state index contributed by atoms with van der Waals surface area (Å²) in [5.41, 5.74) is 2.41. The lowest BCUT2D eigenvalue weighted by molar-refractivity contribution is -0.140. The van der Waals surface area contributed by atoms with E-state index in [4.69, 9.17) is 34.8 Å². The molecule has 42 heavy (non-hydrogen) atoms. The molecule has 1 N–H and O–H groups in total. The number of aryl methyl sites for hydroxylation is 2. The third kappa shape index (κ3) is 8.40. The Kier molecular flexibility index (Phi) is 11.7. The topological polar surface area (TPSA) is 86.8 Å². The van der Waals surface area contributed by atoms with Crippen LogP contribution in [0.2, 0.25) is 15.1 Å². The van der Waals surface area contributed by atoms with Crippen LogP contribution in [0.5, 0.6) is 0 Å². The number of carbonyl (C=O) groups excluding carboxylic acids is 2. The number of amides is 2. The lowest BCUT2D eigenvalue weighted by Crippen LogP contribution is -2.52. The van der Waals surface area contributed by atoms with Crippen molar-refractivity contribution in [3.8, 4) is 0 Å². The molecule has 0 bridgehead atoms. The Balaban J connectivity index is 2.10. The van der Waals surface area contributed by atoms with Gasteiger partial charge in [-0.25, -0.2) is 8.42 Å². The number of anilines is 1. The molecule has 1 atom stereocenters. The van der Waals surface area contributed by atoms with E-state index in [0.29, 0.717) is 39.2 Å². The molecular weight excluding hydrogens is 617 g/mol. The van der Waals surface area contributed by atoms with E-state index in [2.05, 4.69) is 5.32 Å². The second-order valence-electron chi connectivity index (χ2n) is 10.6. The molecule has 226 valence electrons. The van der Waals surface area contributed by atoms with Crippen LogP contribution in [0, 0.1) is 19.8 Å². The predicted octanol–water partition coefficient (Wildman–Crippen LogP) is 7.04. The van der Waals surface area contributed by atoms with Crippen LogP contribution >= 0.6 is 34.8 Å². The molecule has 0 radical (unpaired) electrons. The van der Waals surface area contributed by atoms with Crippen molar-refractivity contribution in [1.29, 1.82) is 0 Å². The van der Waals surface area contributed by atoms with E-state index in [1.165, 1.54) is 23.1 Å². The summed E-state index contributed by atoms with van der Waals surface area (Å²) in [5.74, 6) is -0.694. The lowest BCUT2D eigenvalue weighted by Gasteiger charge is -2.33. The van der Waals surface area contributed by atoms with Crippen LogP contribution in [0.25, 0.3) is 0 Å². The van der Waals surface area contributed by atoms with Crippen LogP contribution in [0.4, 0.5) is 5.69 Å². The third-order valence-corrected chi connectivity index (χ3v) is 9.48. The molecule has 11 heteroatoms. The standard InChI is InChI=1S/C31H36Cl3N3O4S/c1-6-28(31(39)35-17-20(2)3)36(18-23-10-14-26(33)27(34)15-23)30(38)19-37(29-16-24(32)11-9-22(29)5)42(40,41)25-12-7-21(4)8-13-25/h7-16,20,28H,6,17-19H2,1-5H3,(H,35,39)/t28-/m1/s1. The zero-order valence-corrected chi connectivity index (χ0v) is 27.4. The zero-order valence-electron chi connectivity index (χ0n) is 24.3. The molecule has 0 unspecified atom stereocenters.